The summed E-state index contributed by atoms with van der Waals surface area (Å²) >= 11 is 1.24. The molecule has 0 aliphatic heterocycles. The second-order valence-electron chi connectivity index (χ2n) is 7.72. The third kappa shape index (κ3) is 4.13. The van der Waals surface area contributed by atoms with E-state index in [1.165, 1.54) is 30.4 Å². The Morgan fingerprint density at radius 3 is 2.21 bits per heavy atom. The first-order chi connectivity index (χ1) is 16.2. The normalized spacial score (nSPS) is 12.0. The number of ketones is 2. The number of nitrogens with one attached hydrogen (secondary N) is 2. The largest absolute Gasteiger partial charge is 0.452 e. The predicted molar refractivity (Wildman–Crippen MR) is 127 cm³/mol. The van der Waals surface area contributed by atoms with Crippen LogP contribution >= 0.6 is 11.3 Å². The van der Waals surface area contributed by atoms with Crippen LogP contribution in [0.1, 0.15) is 59.6 Å². The minimum Gasteiger partial charge on any atom is -0.452 e. The van der Waals surface area contributed by atoms with Crippen molar-refractivity contribution in [2.45, 2.75) is 20.8 Å². The third-order valence-corrected chi connectivity index (χ3v) is 6.56. The number of esters is 1. The van der Waals surface area contributed by atoms with Gasteiger partial charge in [0.2, 0.25) is 5.91 Å². The fourth-order valence-electron chi connectivity index (χ4n) is 3.76. The molecule has 0 saturated heterocycles. The van der Waals surface area contributed by atoms with Gasteiger partial charge in [-0.3, -0.25) is 19.2 Å². The second kappa shape index (κ2) is 9.03. The van der Waals surface area contributed by atoms with Gasteiger partial charge in [-0.05, 0) is 25.5 Å². The van der Waals surface area contributed by atoms with E-state index < -0.39 is 18.5 Å². The molecule has 2 amide bonds. The summed E-state index contributed by atoms with van der Waals surface area (Å²) in [7, 11) is 0. The zero-order chi connectivity index (χ0) is 24.6. The molecule has 0 unspecified atom stereocenters. The number of benzene rings is 2. The first-order valence-corrected chi connectivity index (χ1v) is 11.2. The monoisotopic (exact) mass is 476 g/mol. The molecule has 1 aromatic heterocycles. The number of thiophene rings is 1. The van der Waals surface area contributed by atoms with E-state index in [1.807, 2.05) is 6.92 Å². The smallest absolute Gasteiger partial charge is 0.341 e. The van der Waals surface area contributed by atoms with Crippen molar-refractivity contribution in [2.75, 3.05) is 17.2 Å². The van der Waals surface area contributed by atoms with Crippen LogP contribution < -0.4 is 10.6 Å². The number of rotatable bonds is 5. The van der Waals surface area contributed by atoms with Crippen molar-refractivity contribution in [3.8, 4) is 0 Å². The number of hydrogen-bond acceptors (Lipinski definition) is 7. The number of fused-ring (bicyclic) bond motifs is 2. The first-order valence-electron chi connectivity index (χ1n) is 10.3. The standard InChI is InChI=1S/C25H20N2O6S/c1-12-13(2)34-24(26-14(3)28)20(12)25(32)33-11-19(29)27-18-10-6-9-17-21(18)23(31)16-8-5-4-7-15(16)22(17)30/h4-10H,11H2,1-3H3,(H,26,28)(H,27,29). The molecule has 9 heteroatoms. The lowest BCUT2D eigenvalue weighted by molar-refractivity contribution is -0.119. The summed E-state index contributed by atoms with van der Waals surface area (Å²) in [6, 6.07) is 11.1. The fraction of sp³-hybridized carbons (Fsp3) is 0.160. The molecule has 0 spiro atoms. The molecule has 0 saturated carbocycles. The van der Waals surface area contributed by atoms with Gasteiger partial charge in [-0.15, -0.1) is 11.3 Å². The molecule has 0 bridgehead atoms. The van der Waals surface area contributed by atoms with Crippen molar-refractivity contribution >= 4 is 51.4 Å². The van der Waals surface area contributed by atoms with E-state index >= 15 is 0 Å². The summed E-state index contributed by atoms with van der Waals surface area (Å²) in [5, 5.41) is 5.53. The highest BCUT2D eigenvalue weighted by Gasteiger charge is 2.32. The molecule has 2 aromatic carbocycles. The first kappa shape index (κ1) is 23.1. The van der Waals surface area contributed by atoms with Crippen LogP contribution in [0.4, 0.5) is 10.7 Å². The van der Waals surface area contributed by atoms with Gasteiger partial charge in [0.1, 0.15) is 5.00 Å². The molecule has 0 radical (unpaired) electrons. The number of ether oxygens (including phenoxy) is 1. The summed E-state index contributed by atoms with van der Waals surface area (Å²) in [5.41, 5.74) is 1.88. The Kier molecular flexibility index (Phi) is 6.12. The molecule has 4 rings (SSSR count). The molecule has 1 heterocycles. The van der Waals surface area contributed by atoms with Gasteiger partial charge in [-0.2, -0.15) is 0 Å². The van der Waals surface area contributed by atoms with Crippen LogP contribution in [0.5, 0.6) is 0 Å². The minimum absolute atomic E-state index is 0.100. The number of carbonyl (C=O) groups is 5. The molecular formula is C25H20N2O6S. The minimum atomic E-state index is -0.754. The topological polar surface area (TPSA) is 119 Å². The van der Waals surface area contributed by atoms with Gasteiger partial charge in [0, 0.05) is 28.5 Å². The Bertz CT molecular complexity index is 1390. The Hall–Kier alpha value is -4.11. The van der Waals surface area contributed by atoms with Crippen LogP contribution in [0.15, 0.2) is 42.5 Å². The highest BCUT2D eigenvalue weighted by molar-refractivity contribution is 7.16. The number of hydrogen-bond donors (Lipinski definition) is 2. The average molecular weight is 477 g/mol. The zero-order valence-corrected chi connectivity index (χ0v) is 19.4. The van der Waals surface area contributed by atoms with Crippen LogP contribution in [-0.2, 0) is 14.3 Å². The van der Waals surface area contributed by atoms with Gasteiger partial charge in [-0.25, -0.2) is 4.79 Å². The van der Waals surface area contributed by atoms with Crippen molar-refractivity contribution < 1.29 is 28.7 Å². The molecule has 2 N–H and O–H groups in total. The number of amides is 2. The van der Waals surface area contributed by atoms with E-state index in [4.69, 9.17) is 4.74 Å². The van der Waals surface area contributed by atoms with E-state index in [1.54, 1.807) is 37.3 Å². The fourth-order valence-corrected chi connectivity index (χ4v) is 4.85. The van der Waals surface area contributed by atoms with E-state index in [2.05, 4.69) is 10.6 Å². The molecule has 0 fully saturated rings. The van der Waals surface area contributed by atoms with Crippen molar-refractivity contribution in [1.29, 1.82) is 0 Å². The van der Waals surface area contributed by atoms with Gasteiger partial charge in [0.15, 0.2) is 18.2 Å². The van der Waals surface area contributed by atoms with Gasteiger partial charge in [-0.1, -0.05) is 36.4 Å². The summed E-state index contributed by atoms with van der Waals surface area (Å²) in [4.78, 5) is 63.4. The zero-order valence-electron chi connectivity index (χ0n) is 18.6. The van der Waals surface area contributed by atoms with Crippen LogP contribution in [0.2, 0.25) is 0 Å². The average Bonchev–Trinajstić information content (AvgIpc) is 3.08. The molecule has 34 heavy (non-hydrogen) atoms. The van der Waals surface area contributed by atoms with E-state index in [0.717, 1.165) is 4.88 Å². The summed E-state index contributed by atoms with van der Waals surface area (Å²) in [5.74, 6) is -2.44. The maximum Gasteiger partial charge on any atom is 0.341 e. The summed E-state index contributed by atoms with van der Waals surface area (Å²) in [6.45, 7) is 4.25. The Morgan fingerprint density at radius 2 is 1.53 bits per heavy atom. The molecule has 8 nitrogen and oxygen atoms in total. The quantitative estimate of drug-likeness (QED) is 0.422. The lowest BCUT2D eigenvalue weighted by Gasteiger charge is -2.20. The van der Waals surface area contributed by atoms with Gasteiger partial charge < -0.3 is 15.4 Å². The number of anilines is 2. The molecule has 1 aliphatic rings. The number of carbonyl (C=O) groups excluding carboxylic acids is 5. The van der Waals surface area contributed by atoms with Gasteiger partial charge in [0.05, 0.1) is 16.8 Å². The van der Waals surface area contributed by atoms with E-state index in [-0.39, 0.29) is 45.4 Å². The van der Waals surface area contributed by atoms with Crippen molar-refractivity contribution in [2.24, 2.45) is 0 Å². The third-order valence-electron chi connectivity index (χ3n) is 5.44. The maximum atomic E-state index is 13.1. The second-order valence-corrected chi connectivity index (χ2v) is 8.95. The van der Waals surface area contributed by atoms with Crippen molar-refractivity contribution in [1.82, 2.24) is 0 Å². The van der Waals surface area contributed by atoms with E-state index in [9.17, 15) is 24.0 Å². The Balaban J connectivity index is 1.52. The Labute approximate surface area is 198 Å². The molecule has 0 atom stereocenters. The lowest BCUT2D eigenvalue weighted by atomic mass is 9.83. The predicted octanol–water partition coefficient (Wildman–Crippen LogP) is 3.89. The number of aryl methyl sites for hydroxylation is 1. The summed E-state index contributed by atoms with van der Waals surface area (Å²) in [6.07, 6.45) is 0. The van der Waals surface area contributed by atoms with Crippen molar-refractivity contribution in [3.05, 3.63) is 80.7 Å². The van der Waals surface area contributed by atoms with Gasteiger partial charge >= 0.3 is 5.97 Å². The molecule has 1 aliphatic carbocycles. The van der Waals surface area contributed by atoms with Crippen LogP contribution in [-0.4, -0.2) is 36.0 Å². The molecule has 3 aromatic rings. The maximum absolute atomic E-state index is 13.1. The van der Waals surface area contributed by atoms with Crippen LogP contribution in [0, 0.1) is 13.8 Å². The summed E-state index contributed by atoms with van der Waals surface area (Å²) < 4.78 is 5.18. The van der Waals surface area contributed by atoms with E-state index in [0.29, 0.717) is 16.1 Å². The SMILES string of the molecule is CC(=O)Nc1sc(C)c(C)c1C(=O)OCC(=O)Nc1cccc2c1C(=O)c1ccccc1C2=O. The molecular weight excluding hydrogens is 456 g/mol. The Morgan fingerprint density at radius 1 is 0.882 bits per heavy atom. The van der Waals surface area contributed by atoms with Crippen LogP contribution in [0.25, 0.3) is 0 Å². The lowest BCUT2D eigenvalue weighted by Crippen LogP contribution is -2.26. The van der Waals surface area contributed by atoms with Crippen LogP contribution in [0.3, 0.4) is 0 Å². The highest BCUT2D eigenvalue weighted by atomic mass is 32.1. The molecule has 172 valence electrons. The highest BCUT2D eigenvalue weighted by Crippen LogP contribution is 2.34. The van der Waals surface area contributed by atoms with Crippen molar-refractivity contribution in [3.63, 3.8) is 0 Å². The van der Waals surface area contributed by atoms with Gasteiger partial charge in [0.25, 0.3) is 5.91 Å².